The minimum Gasteiger partial charge on any atom is -0.490 e. The van der Waals surface area contributed by atoms with E-state index in [4.69, 9.17) is 10.5 Å². The van der Waals surface area contributed by atoms with Crippen LogP contribution in [0.3, 0.4) is 0 Å². The first-order valence-electron chi connectivity index (χ1n) is 9.20. The Labute approximate surface area is 154 Å². The lowest BCUT2D eigenvalue weighted by Gasteiger charge is -2.34. The second kappa shape index (κ2) is 7.94. The van der Waals surface area contributed by atoms with Crippen LogP contribution in [0.15, 0.2) is 23.1 Å². The molecule has 0 aliphatic carbocycles. The van der Waals surface area contributed by atoms with E-state index in [2.05, 4.69) is 5.32 Å². The molecule has 144 valence electrons. The van der Waals surface area contributed by atoms with Gasteiger partial charge in [0.15, 0.2) is 0 Å². The summed E-state index contributed by atoms with van der Waals surface area (Å²) in [4.78, 5) is 12.0. The number of sulfonamides is 1. The van der Waals surface area contributed by atoms with Gasteiger partial charge in [-0.3, -0.25) is 4.79 Å². The number of ether oxygens (including phenoxy) is 1. The van der Waals surface area contributed by atoms with Crippen molar-refractivity contribution in [2.45, 2.75) is 56.1 Å². The third kappa shape index (κ3) is 4.02. The van der Waals surface area contributed by atoms with E-state index in [9.17, 15) is 13.2 Å². The number of hydrogen-bond donors (Lipinski definition) is 2. The predicted octanol–water partition coefficient (Wildman–Crippen LogP) is 1.02. The van der Waals surface area contributed by atoms with E-state index >= 15 is 0 Å². The number of nitrogens with one attached hydrogen (secondary N) is 1. The number of amides is 1. The highest BCUT2D eigenvalue weighted by molar-refractivity contribution is 7.89. The van der Waals surface area contributed by atoms with Gasteiger partial charge in [-0.15, -0.1) is 0 Å². The largest absolute Gasteiger partial charge is 0.490 e. The highest BCUT2D eigenvalue weighted by Gasteiger charge is 2.34. The number of piperidine rings is 1. The van der Waals surface area contributed by atoms with Crippen molar-refractivity contribution >= 4 is 15.9 Å². The first kappa shape index (κ1) is 19.1. The minimum atomic E-state index is -3.61. The third-order valence-corrected chi connectivity index (χ3v) is 6.90. The quantitative estimate of drug-likeness (QED) is 0.766. The zero-order valence-corrected chi connectivity index (χ0v) is 15.9. The molecule has 2 unspecified atom stereocenters. The van der Waals surface area contributed by atoms with E-state index in [1.54, 1.807) is 22.5 Å². The molecule has 7 nitrogen and oxygen atoms in total. The van der Waals surface area contributed by atoms with Gasteiger partial charge in [0.05, 0.1) is 4.90 Å². The van der Waals surface area contributed by atoms with Crippen LogP contribution in [0, 0.1) is 0 Å². The molecular formula is C18H27N3O4S. The molecule has 2 aliphatic heterocycles. The molecule has 2 aliphatic rings. The molecule has 2 atom stereocenters. The Hall–Kier alpha value is -1.64. The second-order valence-electron chi connectivity index (χ2n) is 7.01. The molecule has 1 amide bonds. The fourth-order valence-corrected chi connectivity index (χ4v) is 5.38. The fourth-order valence-electron chi connectivity index (χ4n) is 3.64. The Morgan fingerprint density at radius 1 is 1.38 bits per heavy atom. The lowest BCUT2D eigenvalue weighted by molar-refractivity contribution is -0.121. The maximum Gasteiger partial charge on any atom is 0.243 e. The zero-order valence-electron chi connectivity index (χ0n) is 15.1. The molecular weight excluding hydrogens is 354 g/mol. The molecule has 26 heavy (non-hydrogen) atoms. The number of benzene rings is 1. The van der Waals surface area contributed by atoms with Crippen LogP contribution in [0.4, 0.5) is 0 Å². The van der Waals surface area contributed by atoms with Crippen molar-refractivity contribution in [3.8, 4) is 5.75 Å². The van der Waals surface area contributed by atoms with Crippen LogP contribution < -0.4 is 15.8 Å². The molecule has 3 rings (SSSR count). The van der Waals surface area contributed by atoms with E-state index in [1.165, 1.54) is 0 Å². The first-order chi connectivity index (χ1) is 12.4. The first-order valence-corrected chi connectivity index (χ1v) is 10.6. The summed E-state index contributed by atoms with van der Waals surface area (Å²) in [5.41, 5.74) is 6.32. The van der Waals surface area contributed by atoms with Gasteiger partial charge in [0.2, 0.25) is 15.9 Å². The average molecular weight is 381 g/mol. The Balaban J connectivity index is 1.78. The summed E-state index contributed by atoms with van der Waals surface area (Å²) in [5.74, 6) is 0.625. The van der Waals surface area contributed by atoms with Crippen LogP contribution in [0.2, 0.25) is 0 Å². The van der Waals surface area contributed by atoms with Crippen molar-refractivity contribution in [3.63, 3.8) is 0 Å². The molecule has 2 heterocycles. The van der Waals surface area contributed by atoms with Gasteiger partial charge in [0.25, 0.3) is 0 Å². The molecule has 0 saturated carbocycles. The highest BCUT2D eigenvalue weighted by atomic mass is 32.2. The Kier molecular flexibility index (Phi) is 5.84. The molecule has 0 radical (unpaired) electrons. The SMILES string of the molecule is CC1Cc2cc(S(=O)(=O)N3CCCCC3CNC(=O)CCN)ccc2O1. The van der Waals surface area contributed by atoms with Crippen LogP contribution >= 0.6 is 0 Å². The number of rotatable bonds is 6. The normalized spacial score (nSPS) is 23.3. The monoisotopic (exact) mass is 381 g/mol. The van der Waals surface area contributed by atoms with Crippen molar-refractivity contribution in [1.29, 1.82) is 0 Å². The standard InChI is InChI=1S/C18H27N3O4S/c1-13-10-14-11-16(5-6-17(14)25-13)26(23,24)21-9-3-2-4-15(21)12-20-18(22)7-8-19/h5-6,11,13,15H,2-4,7-10,12,19H2,1H3,(H,20,22). The summed E-state index contributed by atoms with van der Waals surface area (Å²) >= 11 is 0. The number of carbonyl (C=O) groups excluding carboxylic acids is 1. The topological polar surface area (TPSA) is 102 Å². The van der Waals surface area contributed by atoms with Gasteiger partial charge in [-0.2, -0.15) is 4.31 Å². The number of nitrogens with two attached hydrogens (primary N) is 1. The molecule has 0 spiro atoms. The molecule has 1 fully saturated rings. The number of fused-ring (bicyclic) bond motifs is 1. The highest BCUT2D eigenvalue weighted by Crippen LogP contribution is 2.33. The van der Waals surface area contributed by atoms with E-state index in [0.29, 0.717) is 18.0 Å². The molecule has 0 aromatic heterocycles. The summed E-state index contributed by atoms with van der Waals surface area (Å²) in [6.45, 7) is 3.06. The molecule has 3 N–H and O–H groups in total. The van der Waals surface area contributed by atoms with Gasteiger partial charge in [-0.05, 0) is 43.5 Å². The number of nitrogens with zero attached hydrogens (tertiary/aromatic N) is 1. The summed E-state index contributed by atoms with van der Waals surface area (Å²) in [7, 11) is -3.61. The Morgan fingerprint density at radius 3 is 2.96 bits per heavy atom. The van der Waals surface area contributed by atoms with E-state index in [-0.39, 0.29) is 31.0 Å². The Morgan fingerprint density at radius 2 is 2.19 bits per heavy atom. The van der Waals surface area contributed by atoms with Crippen molar-refractivity contribution in [2.75, 3.05) is 19.6 Å². The predicted molar refractivity (Wildman–Crippen MR) is 98.4 cm³/mol. The van der Waals surface area contributed by atoms with E-state index in [0.717, 1.165) is 37.0 Å². The molecule has 1 aromatic carbocycles. The van der Waals surface area contributed by atoms with Crippen molar-refractivity contribution in [2.24, 2.45) is 5.73 Å². The van der Waals surface area contributed by atoms with E-state index in [1.807, 2.05) is 6.92 Å². The van der Waals surface area contributed by atoms with Crippen LogP contribution in [-0.2, 0) is 21.2 Å². The van der Waals surface area contributed by atoms with Gasteiger partial charge < -0.3 is 15.8 Å². The van der Waals surface area contributed by atoms with Gasteiger partial charge in [-0.1, -0.05) is 6.42 Å². The third-order valence-electron chi connectivity index (χ3n) is 4.95. The summed E-state index contributed by atoms with van der Waals surface area (Å²) in [6, 6.07) is 4.87. The fraction of sp³-hybridized carbons (Fsp3) is 0.611. The van der Waals surface area contributed by atoms with Crippen molar-refractivity contribution in [1.82, 2.24) is 9.62 Å². The van der Waals surface area contributed by atoms with Gasteiger partial charge >= 0.3 is 0 Å². The summed E-state index contributed by atoms with van der Waals surface area (Å²) < 4.78 is 33.6. The van der Waals surface area contributed by atoms with E-state index < -0.39 is 10.0 Å². The summed E-state index contributed by atoms with van der Waals surface area (Å²) in [5, 5.41) is 2.81. The number of hydrogen-bond acceptors (Lipinski definition) is 5. The van der Waals surface area contributed by atoms with Crippen LogP contribution in [0.25, 0.3) is 0 Å². The maximum atomic E-state index is 13.2. The van der Waals surface area contributed by atoms with Gasteiger partial charge in [0.1, 0.15) is 11.9 Å². The van der Waals surface area contributed by atoms with Crippen LogP contribution in [0.5, 0.6) is 5.75 Å². The summed E-state index contributed by atoms with van der Waals surface area (Å²) in [6.07, 6.45) is 3.58. The molecule has 1 aromatic rings. The van der Waals surface area contributed by atoms with Gasteiger partial charge in [0, 0.05) is 38.5 Å². The second-order valence-corrected chi connectivity index (χ2v) is 8.90. The van der Waals surface area contributed by atoms with Crippen molar-refractivity contribution in [3.05, 3.63) is 23.8 Å². The molecule has 0 bridgehead atoms. The number of carbonyl (C=O) groups is 1. The Bertz CT molecular complexity index is 766. The lowest BCUT2D eigenvalue weighted by atomic mass is 10.1. The molecule has 8 heteroatoms. The smallest absolute Gasteiger partial charge is 0.243 e. The average Bonchev–Trinajstić information content (AvgIpc) is 2.99. The van der Waals surface area contributed by atoms with Gasteiger partial charge in [-0.25, -0.2) is 8.42 Å². The zero-order chi connectivity index (χ0) is 18.7. The minimum absolute atomic E-state index is 0.0726. The van der Waals surface area contributed by atoms with Crippen LogP contribution in [-0.4, -0.2) is 50.4 Å². The molecule has 1 saturated heterocycles. The maximum absolute atomic E-state index is 13.2. The van der Waals surface area contributed by atoms with Crippen LogP contribution in [0.1, 0.15) is 38.2 Å². The lowest BCUT2D eigenvalue weighted by Crippen LogP contribution is -2.49. The van der Waals surface area contributed by atoms with Crippen molar-refractivity contribution < 1.29 is 17.9 Å².